The van der Waals surface area contributed by atoms with E-state index < -0.39 is 0 Å². The van der Waals surface area contributed by atoms with Gasteiger partial charge in [-0.3, -0.25) is 4.79 Å². The maximum absolute atomic E-state index is 10.9. The Balaban J connectivity index is 2.06. The molecule has 88 valence electrons. The summed E-state index contributed by atoms with van der Waals surface area (Å²) in [5.41, 5.74) is 2.74. The van der Waals surface area contributed by atoms with Crippen LogP contribution in [-0.2, 0) is 6.42 Å². The van der Waals surface area contributed by atoms with E-state index in [1.807, 2.05) is 34.9 Å². The average Bonchev–Trinajstić information content (AvgIpc) is 2.83. The van der Waals surface area contributed by atoms with Crippen molar-refractivity contribution in [2.24, 2.45) is 0 Å². The molecule has 0 saturated heterocycles. The van der Waals surface area contributed by atoms with E-state index >= 15 is 0 Å². The third-order valence-electron chi connectivity index (χ3n) is 3.01. The van der Waals surface area contributed by atoms with Crippen molar-refractivity contribution in [1.29, 1.82) is 0 Å². The third kappa shape index (κ3) is 1.80. The first-order valence-electron chi connectivity index (χ1n) is 5.82. The molecule has 0 atom stereocenters. The number of aromatic nitrogens is 2. The number of rotatable bonds is 3. The molecule has 0 saturated carbocycles. The Morgan fingerprint density at radius 3 is 2.72 bits per heavy atom. The van der Waals surface area contributed by atoms with Crippen molar-refractivity contribution in [1.82, 2.24) is 9.38 Å². The molecule has 18 heavy (non-hydrogen) atoms. The van der Waals surface area contributed by atoms with Gasteiger partial charge in [-0.25, -0.2) is 4.98 Å². The molecule has 3 rings (SSSR count). The highest BCUT2D eigenvalue weighted by atomic mass is 16.1. The van der Waals surface area contributed by atoms with Crippen LogP contribution in [0.4, 0.5) is 0 Å². The molecule has 1 aromatic carbocycles. The quantitative estimate of drug-likeness (QED) is 0.655. The largest absolute Gasteiger partial charge is 0.303 e. The summed E-state index contributed by atoms with van der Waals surface area (Å²) in [6.07, 6.45) is 5.32. The Labute approximate surface area is 105 Å². The number of fused-ring (bicyclic) bond motifs is 1. The number of carbonyl (C=O) groups is 1. The van der Waals surface area contributed by atoms with Crippen molar-refractivity contribution in [2.75, 3.05) is 0 Å². The Bertz CT molecular complexity index is 686. The monoisotopic (exact) mass is 236 g/mol. The Hall–Kier alpha value is -2.42. The SMILES string of the molecule is O=Cc1cccn2c(Cc3ccccc3)ncc12. The van der Waals surface area contributed by atoms with Crippen LogP contribution in [0.15, 0.2) is 54.9 Å². The summed E-state index contributed by atoms with van der Waals surface area (Å²) in [7, 11) is 0. The van der Waals surface area contributed by atoms with E-state index in [1.54, 1.807) is 12.3 Å². The normalized spacial score (nSPS) is 10.7. The van der Waals surface area contributed by atoms with Gasteiger partial charge in [-0.1, -0.05) is 30.3 Å². The average molecular weight is 236 g/mol. The molecule has 0 amide bonds. The van der Waals surface area contributed by atoms with E-state index in [2.05, 4.69) is 17.1 Å². The molecule has 2 heterocycles. The van der Waals surface area contributed by atoms with E-state index in [4.69, 9.17) is 0 Å². The van der Waals surface area contributed by atoms with Crippen molar-refractivity contribution < 1.29 is 4.79 Å². The zero-order valence-electron chi connectivity index (χ0n) is 9.78. The van der Waals surface area contributed by atoms with Gasteiger partial charge in [0.05, 0.1) is 11.7 Å². The van der Waals surface area contributed by atoms with Gasteiger partial charge in [-0.05, 0) is 17.7 Å². The van der Waals surface area contributed by atoms with Crippen molar-refractivity contribution in [3.05, 3.63) is 71.8 Å². The van der Waals surface area contributed by atoms with Crippen LogP contribution in [0.3, 0.4) is 0 Å². The summed E-state index contributed by atoms with van der Waals surface area (Å²) >= 11 is 0. The standard InChI is InChI=1S/C15H12N2O/c18-11-13-7-4-8-17-14(13)10-16-15(17)9-12-5-2-1-3-6-12/h1-8,10-11H,9H2. The zero-order valence-corrected chi connectivity index (χ0v) is 9.78. The van der Waals surface area contributed by atoms with E-state index in [0.29, 0.717) is 5.56 Å². The Kier molecular flexibility index (Phi) is 2.65. The van der Waals surface area contributed by atoms with E-state index in [0.717, 1.165) is 24.0 Å². The van der Waals surface area contributed by atoms with Crippen LogP contribution in [0.25, 0.3) is 5.52 Å². The fraction of sp³-hybridized carbons (Fsp3) is 0.0667. The molecule has 0 unspecified atom stereocenters. The topological polar surface area (TPSA) is 34.4 Å². The van der Waals surface area contributed by atoms with Gasteiger partial charge in [0, 0.05) is 18.2 Å². The van der Waals surface area contributed by atoms with Crippen molar-refractivity contribution in [3.8, 4) is 0 Å². The molecule has 0 fully saturated rings. The first-order chi connectivity index (χ1) is 8.88. The summed E-state index contributed by atoms with van der Waals surface area (Å²) in [6.45, 7) is 0. The number of pyridine rings is 1. The van der Waals surface area contributed by atoms with Crippen LogP contribution < -0.4 is 0 Å². The number of carbonyl (C=O) groups excluding carboxylic acids is 1. The highest BCUT2D eigenvalue weighted by molar-refractivity contribution is 5.85. The number of benzene rings is 1. The van der Waals surface area contributed by atoms with Gasteiger partial charge in [-0.15, -0.1) is 0 Å². The smallest absolute Gasteiger partial charge is 0.152 e. The van der Waals surface area contributed by atoms with Gasteiger partial charge in [0.1, 0.15) is 5.82 Å². The summed E-state index contributed by atoms with van der Waals surface area (Å²) in [6, 6.07) is 13.8. The summed E-state index contributed by atoms with van der Waals surface area (Å²) in [5, 5.41) is 0. The lowest BCUT2D eigenvalue weighted by molar-refractivity contribution is 0.112. The summed E-state index contributed by atoms with van der Waals surface area (Å²) in [4.78, 5) is 15.4. The lowest BCUT2D eigenvalue weighted by Gasteiger charge is -2.02. The molecule has 0 N–H and O–H groups in total. The Morgan fingerprint density at radius 1 is 1.11 bits per heavy atom. The van der Waals surface area contributed by atoms with Crippen molar-refractivity contribution in [3.63, 3.8) is 0 Å². The Morgan fingerprint density at radius 2 is 1.94 bits per heavy atom. The lowest BCUT2D eigenvalue weighted by atomic mass is 10.1. The molecule has 0 spiro atoms. The molecule has 0 bridgehead atoms. The minimum atomic E-state index is 0.671. The molecule has 0 aliphatic carbocycles. The fourth-order valence-corrected chi connectivity index (χ4v) is 2.11. The zero-order chi connectivity index (χ0) is 12.4. The van der Waals surface area contributed by atoms with Gasteiger partial charge in [-0.2, -0.15) is 0 Å². The van der Waals surface area contributed by atoms with E-state index in [1.165, 1.54) is 5.56 Å². The molecule has 2 aromatic heterocycles. The summed E-state index contributed by atoms with van der Waals surface area (Å²) < 4.78 is 1.97. The number of imidazole rings is 1. The third-order valence-corrected chi connectivity index (χ3v) is 3.01. The van der Waals surface area contributed by atoms with Gasteiger partial charge in [0.2, 0.25) is 0 Å². The van der Waals surface area contributed by atoms with E-state index in [9.17, 15) is 4.79 Å². The number of hydrogen-bond donors (Lipinski definition) is 0. The molecule has 0 aliphatic rings. The molecular weight excluding hydrogens is 224 g/mol. The molecule has 3 nitrogen and oxygen atoms in total. The minimum absolute atomic E-state index is 0.671. The van der Waals surface area contributed by atoms with Crippen molar-refractivity contribution >= 4 is 11.8 Å². The maximum atomic E-state index is 10.9. The van der Waals surface area contributed by atoms with Gasteiger partial charge < -0.3 is 4.40 Å². The van der Waals surface area contributed by atoms with Gasteiger partial charge in [0.25, 0.3) is 0 Å². The molecule has 0 aliphatic heterocycles. The highest BCUT2D eigenvalue weighted by Crippen LogP contribution is 2.14. The predicted octanol–water partition coefficient (Wildman–Crippen LogP) is 2.74. The highest BCUT2D eigenvalue weighted by Gasteiger charge is 2.06. The lowest BCUT2D eigenvalue weighted by Crippen LogP contribution is -1.97. The van der Waals surface area contributed by atoms with Crippen LogP contribution in [0, 0.1) is 0 Å². The second kappa shape index (κ2) is 4.45. The fourth-order valence-electron chi connectivity index (χ4n) is 2.11. The first kappa shape index (κ1) is 10.7. The summed E-state index contributed by atoms with van der Waals surface area (Å²) in [5.74, 6) is 0.944. The maximum Gasteiger partial charge on any atom is 0.152 e. The molecule has 3 aromatic rings. The van der Waals surface area contributed by atoms with Crippen LogP contribution in [0.1, 0.15) is 21.7 Å². The first-order valence-corrected chi connectivity index (χ1v) is 5.82. The molecule has 0 radical (unpaired) electrons. The number of hydrogen-bond acceptors (Lipinski definition) is 2. The van der Waals surface area contributed by atoms with Crippen LogP contribution in [0.2, 0.25) is 0 Å². The molecule has 3 heteroatoms. The van der Waals surface area contributed by atoms with Crippen LogP contribution >= 0.6 is 0 Å². The van der Waals surface area contributed by atoms with Crippen LogP contribution in [-0.4, -0.2) is 15.7 Å². The second-order valence-corrected chi connectivity index (χ2v) is 4.17. The van der Waals surface area contributed by atoms with Gasteiger partial charge in [0.15, 0.2) is 6.29 Å². The predicted molar refractivity (Wildman–Crippen MR) is 69.8 cm³/mol. The van der Waals surface area contributed by atoms with Gasteiger partial charge >= 0.3 is 0 Å². The minimum Gasteiger partial charge on any atom is -0.303 e. The number of nitrogens with zero attached hydrogens (tertiary/aromatic N) is 2. The van der Waals surface area contributed by atoms with Crippen molar-refractivity contribution in [2.45, 2.75) is 6.42 Å². The number of aldehydes is 1. The van der Waals surface area contributed by atoms with E-state index in [-0.39, 0.29) is 0 Å². The molecular formula is C15H12N2O. The second-order valence-electron chi connectivity index (χ2n) is 4.17. The van der Waals surface area contributed by atoms with Crippen LogP contribution in [0.5, 0.6) is 0 Å².